The summed E-state index contributed by atoms with van der Waals surface area (Å²) in [7, 11) is 0. The van der Waals surface area contributed by atoms with Crippen LogP contribution in [-0.2, 0) is 19.0 Å². The fourth-order valence-corrected chi connectivity index (χ4v) is 2.91. The van der Waals surface area contributed by atoms with Crippen LogP contribution in [0.15, 0.2) is 41.6 Å². The molecule has 0 bridgehead atoms. The van der Waals surface area contributed by atoms with Crippen LogP contribution < -0.4 is 11.2 Å². The summed E-state index contributed by atoms with van der Waals surface area (Å²) in [5, 5.41) is 9.36. The number of carbonyl (C=O) groups is 2. The van der Waals surface area contributed by atoms with E-state index in [1.165, 1.54) is 36.8 Å². The van der Waals surface area contributed by atoms with E-state index in [0.717, 1.165) is 4.57 Å². The van der Waals surface area contributed by atoms with Crippen LogP contribution in [0.2, 0.25) is 0 Å². The third-order valence-corrected chi connectivity index (χ3v) is 4.20. The van der Waals surface area contributed by atoms with E-state index in [1.54, 1.807) is 0 Å². The van der Waals surface area contributed by atoms with Gasteiger partial charge in [0.1, 0.15) is 6.10 Å². The SMILES string of the molecule is O=C1O[C@@H]2[C@H](O1)[C@@H](CO)O[C@H]2n1ccc(NOC(=O)c2ccncc2)nc1=O. The number of carbonyl (C=O) groups excluding carboxylic acids is 2. The number of aromatic nitrogens is 3. The summed E-state index contributed by atoms with van der Waals surface area (Å²) >= 11 is 0. The highest BCUT2D eigenvalue weighted by Gasteiger charge is 2.55. The topological polar surface area (TPSA) is 151 Å². The fraction of sp³-hybridized carbons (Fsp3) is 0.312. The maximum Gasteiger partial charge on any atom is 0.509 e. The quantitative estimate of drug-likeness (QED) is 0.507. The smallest absolute Gasteiger partial charge is 0.424 e. The van der Waals surface area contributed by atoms with Gasteiger partial charge in [-0.2, -0.15) is 10.5 Å². The monoisotopic (exact) mass is 390 g/mol. The van der Waals surface area contributed by atoms with E-state index in [1.807, 2.05) is 0 Å². The van der Waals surface area contributed by atoms with Gasteiger partial charge in [-0.3, -0.25) is 9.55 Å². The van der Waals surface area contributed by atoms with Crippen LogP contribution in [0.1, 0.15) is 16.6 Å². The fourth-order valence-electron chi connectivity index (χ4n) is 2.91. The van der Waals surface area contributed by atoms with Crippen molar-refractivity contribution in [1.82, 2.24) is 14.5 Å². The molecule has 0 unspecified atom stereocenters. The second kappa shape index (κ2) is 7.25. The lowest BCUT2D eigenvalue weighted by Crippen LogP contribution is -2.34. The van der Waals surface area contributed by atoms with Crippen molar-refractivity contribution in [1.29, 1.82) is 0 Å². The molecule has 0 radical (unpaired) electrons. The Hall–Kier alpha value is -3.51. The number of pyridine rings is 1. The average molecular weight is 390 g/mol. The van der Waals surface area contributed by atoms with Crippen molar-refractivity contribution >= 4 is 17.9 Å². The lowest BCUT2D eigenvalue weighted by Gasteiger charge is -2.17. The Kier molecular flexibility index (Phi) is 4.63. The first kappa shape index (κ1) is 17.9. The molecule has 2 aromatic rings. The Morgan fingerprint density at radius 2 is 1.96 bits per heavy atom. The van der Waals surface area contributed by atoms with Gasteiger partial charge >= 0.3 is 17.8 Å². The lowest BCUT2D eigenvalue weighted by molar-refractivity contribution is -0.0735. The van der Waals surface area contributed by atoms with E-state index in [2.05, 4.69) is 15.4 Å². The molecule has 146 valence electrons. The number of fused-ring (bicyclic) bond motifs is 1. The Morgan fingerprint density at radius 1 is 1.21 bits per heavy atom. The van der Waals surface area contributed by atoms with Gasteiger partial charge < -0.3 is 24.2 Å². The van der Waals surface area contributed by atoms with Crippen molar-refractivity contribution in [3.8, 4) is 0 Å². The summed E-state index contributed by atoms with van der Waals surface area (Å²) < 4.78 is 16.6. The highest BCUT2D eigenvalue weighted by molar-refractivity contribution is 5.89. The molecule has 4 rings (SSSR count). The van der Waals surface area contributed by atoms with Gasteiger partial charge in [0, 0.05) is 24.7 Å². The van der Waals surface area contributed by atoms with Crippen LogP contribution in [0.5, 0.6) is 0 Å². The molecule has 2 N–H and O–H groups in total. The number of aliphatic hydroxyl groups excluding tert-OH is 1. The second-order valence-corrected chi connectivity index (χ2v) is 5.89. The molecular weight excluding hydrogens is 376 g/mol. The number of rotatable bonds is 5. The zero-order chi connectivity index (χ0) is 19.7. The van der Waals surface area contributed by atoms with Crippen molar-refractivity contribution in [2.75, 3.05) is 12.1 Å². The standard InChI is InChI=1S/C16H14N4O8/c21-7-9-11-12(27-16(24)26-11)13(25-9)20-6-3-10(18-15(20)23)19-28-14(22)8-1-4-17-5-2-8/h1-6,9,11-13,21H,7H2,(H,18,19,23)/t9-,11-,12-,13-/m1/s1. The summed E-state index contributed by atoms with van der Waals surface area (Å²) in [5.74, 6) is -0.701. The third kappa shape index (κ3) is 3.25. The largest absolute Gasteiger partial charge is 0.509 e. The minimum absolute atomic E-state index is 0.0171. The number of hydrogen-bond acceptors (Lipinski definition) is 11. The van der Waals surface area contributed by atoms with Crippen molar-refractivity contribution < 1.29 is 33.7 Å². The molecule has 4 atom stereocenters. The van der Waals surface area contributed by atoms with E-state index < -0.39 is 49.0 Å². The highest BCUT2D eigenvalue weighted by Crippen LogP contribution is 2.36. The second-order valence-electron chi connectivity index (χ2n) is 5.89. The van der Waals surface area contributed by atoms with Crippen LogP contribution in [0.4, 0.5) is 10.6 Å². The van der Waals surface area contributed by atoms with Gasteiger partial charge in [-0.05, 0) is 12.1 Å². The molecule has 2 saturated heterocycles. The molecular formula is C16H14N4O8. The number of anilines is 1. The van der Waals surface area contributed by atoms with E-state index in [9.17, 15) is 19.5 Å². The maximum absolute atomic E-state index is 12.3. The predicted octanol–water partition coefficient (Wildman–Crippen LogP) is -0.384. The van der Waals surface area contributed by atoms with E-state index in [0.29, 0.717) is 0 Å². The molecule has 2 aromatic heterocycles. The van der Waals surface area contributed by atoms with E-state index >= 15 is 0 Å². The Balaban J connectivity index is 1.47. The van der Waals surface area contributed by atoms with E-state index in [-0.39, 0.29) is 11.4 Å². The molecule has 2 fully saturated rings. The van der Waals surface area contributed by atoms with Gasteiger partial charge in [0.15, 0.2) is 24.3 Å². The Morgan fingerprint density at radius 3 is 2.68 bits per heavy atom. The summed E-state index contributed by atoms with van der Waals surface area (Å²) in [6.07, 6.45) is -0.265. The molecule has 2 aliphatic heterocycles. The number of nitrogens with one attached hydrogen (secondary N) is 1. The normalized spacial score (nSPS) is 25.5. The van der Waals surface area contributed by atoms with E-state index in [4.69, 9.17) is 19.0 Å². The third-order valence-electron chi connectivity index (χ3n) is 4.20. The highest BCUT2D eigenvalue weighted by atomic mass is 16.8. The summed E-state index contributed by atoms with van der Waals surface area (Å²) in [4.78, 5) is 48.0. The molecule has 0 aromatic carbocycles. The number of hydrogen-bond donors (Lipinski definition) is 2. The Bertz CT molecular complexity index is 949. The summed E-state index contributed by atoms with van der Waals surface area (Å²) in [6, 6.07) is 4.29. The molecule has 0 amide bonds. The van der Waals surface area contributed by atoms with Gasteiger partial charge in [-0.1, -0.05) is 0 Å². The average Bonchev–Trinajstić information content (AvgIpc) is 3.24. The van der Waals surface area contributed by atoms with Crippen LogP contribution in [-0.4, -0.2) is 56.7 Å². The summed E-state index contributed by atoms with van der Waals surface area (Å²) in [6.45, 7) is -0.416. The first-order chi connectivity index (χ1) is 13.6. The van der Waals surface area contributed by atoms with Crippen LogP contribution in [0, 0.1) is 0 Å². The molecule has 0 saturated carbocycles. The van der Waals surface area contributed by atoms with Gasteiger partial charge in [0.25, 0.3) is 0 Å². The maximum atomic E-state index is 12.3. The number of aliphatic hydroxyl groups is 1. The first-order valence-electron chi connectivity index (χ1n) is 8.17. The minimum Gasteiger partial charge on any atom is -0.424 e. The van der Waals surface area contributed by atoms with Crippen molar-refractivity contribution in [3.63, 3.8) is 0 Å². The van der Waals surface area contributed by atoms with Gasteiger partial charge in [0.05, 0.1) is 12.2 Å². The zero-order valence-corrected chi connectivity index (χ0v) is 14.1. The molecule has 12 heteroatoms. The molecule has 4 heterocycles. The van der Waals surface area contributed by atoms with Gasteiger partial charge in [-0.15, -0.1) is 0 Å². The van der Waals surface area contributed by atoms with Crippen LogP contribution >= 0.6 is 0 Å². The molecule has 2 aliphatic rings. The lowest BCUT2D eigenvalue weighted by atomic mass is 10.1. The molecule has 28 heavy (non-hydrogen) atoms. The van der Waals surface area contributed by atoms with Crippen molar-refractivity contribution in [2.24, 2.45) is 0 Å². The van der Waals surface area contributed by atoms with Gasteiger partial charge in [-0.25, -0.2) is 14.4 Å². The van der Waals surface area contributed by atoms with Gasteiger partial charge in [0.2, 0.25) is 0 Å². The number of ether oxygens (including phenoxy) is 3. The number of nitrogens with zero attached hydrogens (tertiary/aromatic N) is 3. The van der Waals surface area contributed by atoms with Crippen molar-refractivity contribution in [2.45, 2.75) is 24.5 Å². The minimum atomic E-state index is -1.01. The van der Waals surface area contributed by atoms with Crippen molar-refractivity contribution in [3.05, 3.63) is 52.8 Å². The molecule has 0 spiro atoms. The predicted molar refractivity (Wildman–Crippen MR) is 87.9 cm³/mol. The summed E-state index contributed by atoms with van der Waals surface area (Å²) in [5.41, 5.74) is 1.80. The zero-order valence-electron chi connectivity index (χ0n) is 14.1. The van der Waals surface area contributed by atoms with Crippen LogP contribution in [0.3, 0.4) is 0 Å². The van der Waals surface area contributed by atoms with Crippen LogP contribution in [0.25, 0.3) is 0 Å². The molecule has 12 nitrogen and oxygen atoms in total. The first-order valence-corrected chi connectivity index (χ1v) is 8.17. The molecule has 0 aliphatic carbocycles. The Labute approximate surface area is 156 Å².